The van der Waals surface area contributed by atoms with Gasteiger partial charge in [0.25, 0.3) is 0 Å². The molecule has 2 nitrogen and oxygen atoms in total. The normalized spacial score (nSPS) is 33.1. The summed E-state index contributed by atoms with van der Waals surface area (Å²) in [6.45, 7) is 0.992. The number of carbonyl (C=O) groups is 1. The molecule has 172 valence electrons. The highest BCUT2D eigenvalue weighted by molar-refractivity contribution is 6.02. The van der Waals surface area contributed by atoms with Crippen LogP contribution in [0, 0.1) is 10.8 Å². The minimum absolute atomic E-state index is 0.143. The van der Waals surface area contributed by atoms with Crippen LogP contribution in [0.2, 0.25) is 0 Å². The summed E-state index contributed by atoms with van der Waals surface area (Å²) < 4.78 is 6.48. The number of ether oxygens (including phenoxy) is 1. The molecule has 2 heteroatoms. The zero-order valence-electron chi connectivity index (χ0n) is 19.6. The van der Waals surface area contributed by atoms with Gasteiger partial charge in [-0.1, -0.05) is 121 Å². The van der Waals surface area contributed by atoms with Crippen molar-refractivity contribution in [3.05, 3.63) is 144 Å². The number of carbonyl (C=O) groups excluding carboxylic acids is 1. The highest BCUT2D eigenvalue weighted by atomic mass is 16.5. The lowest BCUT2D eigenvalue weighted by Gasteiger charge is -2.32. The summed E-state index contributed by atoms with van der Waals surface area (Å²) in [6, 6.07) is 42.3. The number of Topliss-reactive ketones (excluding diaryl/α,β-unsaturated/α-hetero) is 1. The van der Waals surface area contributed by atoms with E-state index in [0.29, 0.717) is 19.0 Å². The van der Waals surface area contributed by atoms with Crippen LogP contribution in [0.15, 0.2) is 121 Å². The molecule has 35 heavy (non-hydrogen) atoms. The van der Waals surface area contributed by atoms with Crippen molar-refractivity contribution in [3.8, 4) is 0 Å². The average molecular weight is 457 g/mol. The van der Waals surface area contributed by atoms with Gasteiger partial charge in [-0.2, -0.15) is 0 Å². The Kier molecular flexibility index (Phi) is 4.62. The summed E-state index contributed by atoms with van der Waals surface area (Å²) >= 11 is 0. The largest absolute Gasteiger partial charge is 0.379 e. The van der Waals surface area contributed by atoms with Crippen LogP contribution in [-0.4, -0.2) is 19.0 Å². The summed E-state index contributed by atoms with van der Waals surface area (Å²) in [5.74, 6) is 0.976. The molecule has 0 aromatic heterocycles. The monoisotopic (exact) mass is 456 g/mol. The van der Waals surface area contributed by atoms with E-state index in [9.17, 15) is 4.79 Å². The maximum Gasteiger partial charge on any atom is 0.152 e. The number of hydrogen-bond acceptors (Lipinski definition) is 2. The molecule has 0 bridgehead atoms. The van der Waals surface area contributed by atoms with Gasteiger partial charge in [-0.05, 0) is 22.3 Å². The van der Waals surface area contributed by atoms with Crippen LogP contribution in [0.1, 0.15) is 45.9 Å². The summed E-state index contributed by atoms with van der Waals surface area (Å²) in [6.07, 6.45) is 0. The molecule has 0 amide bonds. The Bertz CT molecular complexity index is 1150. The number of hydrogen-bond donors (Lipinski definition) is 0. The molecule has 4 aromatic carbocycles. The van der Waals surface area contributed by atoms with E-state index in [-0.39, 0.29) is 23.7 Å². The summed E-state index contributed by atoms with van der Waals surface area (Å²) in [4.78, 5) is 14.9. The summed E-state index contributed by atoms with van der Waals surface area (Å²) in [7, 11) is 0. The first-order valence-corrected chi connectivity index (χ1v) is 12.6. The van der Waals surface area contributed by atoms with E-state index in [0.717, 1.165) is 0 Å². The van der Waals surface area contributed by atoms with E-state index in [2.05, 4.69) is 121 Å². The van der Waals surface area contributed by atoms with Crippen molar-refractivity contribution >= 4 is 5.78 Å². The third kappa shape index (κ3) is 2.90. The van der Waals surface area contributed by atoms with Gasteiger partial charge in [0.15, 0.2) is 5.78 Å². The molecule has 3 fully saturated rings. The van der Waals surface area contributed by atoms with Gasteiger partial charge in [0.05, 0.1) is 24.0 Å². The molecule has 0 radical (unpaired) electrons. The predicted molar refractivity (Wildman–Crippen MR) is 137 cm³/mol. The molecule has 6 atom stereocenters. The van der Waals surface area contributed by atoms with Crippen LogP contribution in [-0.2, 0) is 9.53 Å². The standard InChI is InChI=1S/C33H28O2/c34-31-32(27(23-13-5-1-6-14-23)28(32)24-15-7-2-8-16-24)21-35-22-33(31)29(25-17-9-3-10-18-25)30(33)26-19-11-4-12-20-26/h1-20,27-30H,21-22H2/t27-,28+,29-,30+,32?,33?. The first kappa shape index (κ1) is 20.8. The lowest BCUT2D eigenvalue weighted by atomic mass is 9.78. The minimum atomic E-state index is -0.516. The number of ketones is 1. The van der Waals surface area contributed by atoms with Crippen molar-refractivity contribution < 1.29 is 9.53 Å². The fraction of sp³-hybridized carbons (Fsp3) is 0.242. The maximum atomic E-state index is 14.9. The van der Waals surface area contributed by atoms with Crippen molar-refractivity contribution in [3.63, 3.8) is 0 Å². The lowest BCUT2D eigenvalue weighted by Crippen LogP contribution is -2.42. The summed E-state index contributed by atoms with van der Waals surface area (Å²) in [5.41, 5.74) is 3.92. The van der Waals surface area contributed by atoms with Crippen LogP contribution >= 0.6 is 0 Å². The van der Waals surface area contributed by atoms with Crippen LogP contribution in [0.3, 0.4) is 0 Å². The molecule has 3 aliphatic rings. The second kappa shape index (κ2) is 7.76. The van der Waals surface area contributed by atoms with E-state index in [4.69, 9.17) is 4.74 Å². The van der Waals surface area contributed by atoms with E-state index in [1.165, 1.54) is 22.3 Å². The molecular formula is C33H28O2. The Morgan fingerprint density at radius 2 is 0.714 bits per heavy atom. The molecule has 2 saturated carbocycles. The first-order valence-electron chi connectivity index (χ1n) is 12.6. The van der Waals surface area contributed by atoms with E-state index in [1.54, 1.807) is 0 Å². The zero-order valence-corrected chi connectivity index (χ0v) is 19.6. The molecule has 0 N–H and O–H groups in total. The van der Waals surface area contributed by atoms with Crippen LogP contribution < -0.4 is 0 Å². The first-order chi connectivity index (χ1) is 17.3. The molecule has 1 saturated heterocycles. The smallest absolute Gasteiger partial charge is 0.152 e. The van der Waals surface area contributed by atoms with E-state index < -0.39 is 10.8 Å². The van der Waals surface area contributed by atoms with Gasteiger partial charge in [0, 0.05) is 23.7 Å². The highest BCUT2D eigenvalue weighted by Gasteiger charge is 2.82. The number of benzene rings is 4. The average Bonchev–Trinajstić information content (AvgIpc) is 3.80. The van der Waals surface area contributed by atoms with Gasteiger partial charge in [0.2, 0.25) is 0 Å². The predicted octanol–water partition coefficient (Wildman–Crippen LogP) is 6.72. The van der Waals surface area contributed by atoms with Crippen molar-refractivity contribution in [2.45, 2.75) is 23.7 Å². The molecule has 7 rings (SSSR count). The maximum absolute atomic E-state index is 14.9. The molecule has 4 aromatic rings. The third-order valence-corrected chi connectivity index (χ3v) is 8.83. The van der Waals surface area contributed by atoms with Crippen LogP contribution in [0.25, 0.3) is 0 Å². The summed E-state index contributed by atoms with van der Waals surface area (Å²) in [5, 5.41) is 0. The van der Waals surface area contributed by atoms with Crippen LogP contribution in [0.5, 0.6) is 0 Å². The topological polar surface area (TPSA) is 26.3 Å². The Morgan fingerprint density at radius 3 is 0.971 bits per heavy atom. The fourth-order valence-electron chi connectivity index (χ4n) is 7.36. The van der Waals surface area contributed by atoms with Crippen molar-refractivity contribution in [2.75, 3.05) is 13.2 Å². The van der Waals surface area contributed by atoms with Crippen molar-refractivity contribution in [2.24, 2.45) is 10.8 Å². The second-order valence-corrected chi connectivity index (χ2v) is 10.5. The van der Waals surface area contributed by atoms with E-state index in [1.807, 2.05) is 0 Å². The molecule has 2 aliphatic carbocycles. The SMILES string of the molecule is O=C1C2(COCC13[C@H](c1ccccc1)[C@@H]3c1ccccc1)[C@H](c1ccccc1)[C@@H]2c1ccccc1. The van der Waals surface area contributed by atoms with Gasteiger partial charge in [-0.3, -0.25) is 4.79 Å². The Balaban J connectivity index is 1.37. The van der Waals surface area contributed by atoms with Crippen molar-refractivity contribution in [1.82, 2.24) is 0 Å². The highest BCUT2D eigenvalue weighted by Crippen LogP contribution is 2.81. The van der Waals surface area contributed by atoms with Gasteiger partial charge in [-0.25, -0.2) is 0 Å². The molecule has 2 unspecified atom stereocenters. The molecule has 1 heterocycles. The Labute approximate surface area is 206 Å². The second-order valence-electron chi connectivity index (χ2n) is 10.5. The quantitative estimate of drug-likeness (QED) is 0.341. The zero-order chi connectivity index (χ0) is 23.5. The van der Waals surface area contributed by atoms with Gasteiger partial charge >= 0.3 is 0 Å². The van der Waals surface area contributed by atoms with E-state index >= 15 is 0 Å². The Morgan fingerprint density at radius 1 is 0.457 bits per heavy atom. The van der Waals surface area contributed by atoms with Gasteiger partial charge in [-0.15, -0.1) is 0 Å². The van der Waals surface area contributed by atoms with Gasteiger partial charge < -0.3 is 4.74 Å². The fourth-order valence-corrected chi connectivity index (χ4v) is 7.36. The molecule has 2 spiro atoms. The van der Waals surface area contributed by atoms with Gasteiger partial charge in [0.1, 0.15) is 0 Å². The van der Waals surface area contributed by atoms with Crippen LogP contribution in [0.4, 0.5) is 0 Å². The lowest BCUT2D eigenvalue weighted by molar-refractivity contribution is -0.143. The number of rotatable bonds is 4. The molecule has 1 aliphatic heterocycles. The molecular weight excluding hydrogens is 428 g/mol. The minimum Gasteiger partial charge on any atom is -0.379 e. The van der Waals surface area contributed by atoms with Crippen molar-refractivity contribution in [1.29, 1.82) is 0 Å². The third-order valence-electron chi connectivity index (χ3n) is 8.83. The Hall–Kier alpha value is -3.49.